The van der Waals surface area contributed by atoms with E-state index in [0.717, 1.165) is 0 Å². The standard InChI is InChI=1S/C8H8O4S/c9-5-7-2-1-3-8(4-7)6-12-13(10)11/h1-5H,6H2,(H,10,11)/p-1. The first kappa shape index (κ1) is 10.0. The Labute approximate surface area is 78.0 Å². The lowest BCUT2D eigenvalue weighted by molar-refractivity contribution is 0.112. The largest absolute Gasteiger partial charge is 0.750 e. The van der Waals surface area contributed by atoms with Crippen LogP contribution >= 0.6 is 0 Å². The quantitative estimate of drug-likeness (QED) is 0.531. The second kappa shape index (κ2) is 4.86. The van der Waals surface area contributed by atoms with E-state index in [9.17, 15) is 13.6 Å². The fourth-order valence-electron chi connectivity index (χ4n) is 0.872. The Morgan fingerprint density at radius 1 is 1.54 bits per heavy atom. The maximum absolute atomic E-state index is 10.3. The molecule has 0 aliphatic heterocycles. The van der Waals surface area contributed by atoms with Gasteiger partial charge < -0.3 is 4.55 Å². The summed E-state index contributed by atoms with van der Waals surface area (Å²) in [6, 6.07) is 6.54. The number of carbonyl (C=O) groups is 1. The number of rotatable bonds is 4. The Bertz CT molecular complexity index is 324. The number of aldehydes is 1. The van der Waals surface area contributed by atoms with Crippen molar-refractivity contribution in [3.63, 3.8) is 0 Å². The fraction of sp³-hybridized carbons (Fsp3) is 0.125. The molecule has 0 amide bonds. The van der Waals surface area contributed by atoms with Crippen LogP contribution in [0.25, 0.3) is 0 Å². The average Bonchev–Trinajstić information content (AvgIpc) is 2.15. The second-order valence-corrected chi connectivity index (χ2v) is 2.97. The van der Waals surface area contributed by atoms with Gasteiger partial charge in [0.2, 0.25) is 0 Å². The van der Waals surface area contributed by atoms with Crippen molar-refractivity contribution >= 4 is 17.6 Å². The fourth-order valence-corrected chi connectivity index (χ4v) is 1.10. The van der Waals surface area contributed by atoms with Gasteiger partial charge in [0.1, 0.15) is 6.29 Å². The van der Waals surface area contributed by atoms with Crippen molar-refractivity contribution in [2.45, 2.75) is 6.61 Å². The molecule has 0 heterocycles. The smallest absolute Gasteiger partial charge is 0.150 e. The van der Waals surface area contributed by atoms with E-state index in [2.05, 4.69) is 4.18 Å². The summed E-state index contributed by atoms with van der Waals surface area (Å²) in [7, 11) is 0. The van der Waals surface area contributed by atoms with E-state index < -0.39 is 11.4 Å². The minimum Gasteiger partial charge on any atom is -0.750 e. The average molecular weight is 199 g/mol. The van der Waals surface area contributed by atoms with Gasteiger partial charge in [0.15, 0.2) is 0 Å². The van der Waals surface area contributed by atoms with Crippen LogP contribution in [0.2, 0.25) is 0 Å². The molecule has 0 fully saturated rings. The van der Waals surface area contributed by atoms with Crippen LogP contribution in [0.1, 0.15) is 15.9 Å². The molecule has 13 heavy (non-hydrogen) atoms. The summed E-state index contributed by atoms with van der Waals surface area (Å²) in [4.78, 5) is 10.3. The summed E-state index contributed by atoms with van der Waals surface area (Å²) in [5, 5.41) is 0. The van der Waals surface area contributed by atoms with Crippen LogP contribution in [-0.2, 0) is 22.2 Å². The normalized spacial score (nSPS) is 12.4. The van der Waals surface area contributed by atoms with Crippen LogP contribution in [0.3, 0.4) is 0 Å². The first-order valence-corrected chi connectivity index (χ1v) is 4.49. The number of benzene rings is 1. The lowest BCUT2D eigenvalue weighted by Crippen LogP contribution is -1.96. The van der Waals surface area contributed by atoms with Gasteiger partial charge >= 0.3 is 0 Å². The minimum atomic E-state index is -2.51. The molecule has 1 atom stereocenters. The van der Waals surface area contributed by atoms with Gasteiger partial charge in [-0.15, -0.1) is 0 Å². The van der Waals surface area contributed by atoms with Gasteiger partial charge in [0, 0.05) is 5.56 Å². The second-order valence-electron chi connectivity index (χ2n) is 2.33. The molecule has 0 aliphatic rings. The summed E-state index contributed by atoms with van der Waals surface area (Å²) in [6.07, 6.45) is 0.692. The van der Waals surface area contributed by atoms with Crippen LogP contribution in [-0.4, -0.2) is 15.0 Å². The summed E-state index contributed by atoms with van der Waals surface area (Å²) in [5.74, 6) is 0. The molecule has 70 valence electrons. The van der Waals surface area contributed by atoms with Crippen molar-refractivity contribution in [1.82, 2.24) is 0 Å². The SMILES string of the molecule is O=Cc1cccc(COS(=O)[O-])c1. The molecule has 4 nitrogen and oxygen atoms in total. The van der Waals surface area contributed by atoms with Gasteiger partial charge in [-0.2, -0.15) is 0 Å². The molecule has 5 heteroatoms. The van der Waals surface area contributed by atoms with E-state index in [4.69, 9.17) is 0 Å². The van der Waals surface area contributed by atoms with Crippen LogP contribution in [0.4, 0.5) is 0 Å². The molecule has 0 saturated heterocycles. The van der Waals surface area contributed by atoms with Gasteiger partial charge in [-0.1, -0.05) is 18.2 Å². The van der Waals surface area contributed by atoms with E-state index in [1.807, 2.05) is 0 Å². The Morgan fingerprint density at radius 3 is 2.92 bits per heavy atom. The van der Waals surface area contributed by atoms with Crippen molar-refractivity contribution in [3.05, 3.63) is 35.4 Å². The molecule has 0 aliphatic carbocycles. The molecule has 1 unspecified atom stereocenters. The number of hydrogen-bond acceptors (Lipinski definition) is 4. The van der Waals surface area contributed by atoms with Crippen molar-refractivity contribution in [2.24, 2.45) is 0 Å². The maximum Gasteiger partial charge on any atom is 0.150 e. The van der Waals surface area contributed by atoms with Crippen LogP contribution in [0, 0.1) is 0 Å². The zero-order valence-electron chi connectivity index (χ0n) is 6.64. The minimum absolute atomic E-state index is 0.0439. The predicted octanol–water partition coefficient (Wildman–Crippen LogP) is 0.810. The molecular formula is C8H7O4S-. The van der Waals surface area contributed by atoms with Crippen LogP contribution < -0.4 is 0 Å². The highest BCUT2D eigenvalue weighted by Gasteiger charge is 1.94. The third kappa shape index (κ3) is 3.45. The Morgan fingerprint density at radius 2 is 2.31 bits per heavy atom. The van der Waals surface area contributed by atoms with Crippen LogP contribution in [0.15, 0.2) is 24.3 Å². The molecule has 0 bridgehead atoms. The molecule has 0 N–H and O–H groups in total. The Balaban J connectivity index is 2.66. The van der Waals surface area contributed by atoms with E-state index in [0.29, 0.717) is 17.4 Å². The topological polar surface area (TPSA) is 66.4 Å². The van der Waals surface area contributed by atoms with Gasteiger partial charge in [0.25, 0.3) is 0 Å². The summed E-state index contributed by atoms with van der Waals surface area (Å²) in [6.45, 7) is -0.0439. The highest BCUT2D eigenvalue weighted by molar-refractivity contribution is 7.74. The first-order chi connectivity index (χ1) is 6.22. The summed E-state index contributed by atoms with van der Waals surface area (Å²) < 4.78 is 24.4. The zero-order valence-corrected chi connectivity index (χ0v) is 7.45. The van der Waals surface area contributed by atoms with E-state index in [1.54, 1.807) is 24.3 Å². The molecule has 0 spiro atoms. The molecule has 0 radical (unpaired) electrons. The highest BCUT2D eigenvalue weighted by atomic mass is 32.2. The van der Waals surface area contributed by atoms with Gasteiger partial charge in [-0.25, -0.2) is 4.21 Å². The predicted molar refractivity (Wildman–Crippen MR) is 45.5 cm³/mol. The molecule has 0 saturated carbocycles. The maximum atomic E-state index is 10.3. The van der Waals surface area contributed by atoms with Crippen molar-refractivity contribution in [2.75, 3.05) is 0 Å². The third-order valence-electron chi connectivity index (χ3n) is 1.41. The van der Waals surface area contributed by atoms with Gasteiger partial charge in [-0.05, 0) is 11.6 Å². The molecule has 1 aromatic rings. The molecule has 1 aromatic carbocycles. The van der Waals surface area contributed by atoms with Crippen molar-refractivity contribution in [1.29, 1.82) is 0 Å². The van der Waals surface area contributed by atoms with E-state index >= 15 is 0 Å². The molecular weight excluding hydrogens is 192 g/mol. The lowest BCUT2D eigenvalue weighted by atomic mass is 10.1. The summed E-state index contributed by atoms with van der Waals surface area (Å²) >= 11 is -2.51. The van der Waals surface area contributed by atoms with Gasteiger partial charge in [-0.3, -0.25) is 8.98 Å². The summed E-state index contributed by atoms with van der Waals surface area (Å²) in [5.41, 5.74) is 1.14. The van der Waals surface area contributed by atoms with Crippen LogP contribution in [0.5, 0.6) is 0 Å². The Hall–Kier alpha value is -1.04. The number of carbonyl (C=O) groups excluding carboxylic acids is 1. The number of hydrogen-bond donors (Lipinski definition) is 0. The van der Waals surface area contributed by atoms with E-state index in [1.165, 1.54) is 0 Å². The first-order valence-electron chi connectivity index (χ1n) is 3.49. The highest BCUT2D eigenvalue weighted by Crippen LogP contribution is 2.04. The van der Waals surface area contributed by atoms with Gasteiger partial charge in [0.05, 0.1) is 18.0 Å². The van der Waals surface area contributed by atoms with Crippen molar-refractivity contribution in [3.8, 4) is 0 Å². The van der Waals surface area contributed by atoms with E-state index in [-0.39, 0.29) is 6.61 Å². The third-order valence-corrected chi connectivity index (χ3v) is 1.72. The van der Waals surface area contributed by atoms with Crippen molar-refractivity contribution < 1.29 is 17.7 Å². The Kier molecular flexibility index (Phi) is 3.75. The molecule has 1 rings (SSSR count). The lowest BCUT2D eigenvalue weighted by Gasteiger charge is -2.05. The zero-order chi connectivity index (χ0) is 9.68. The molecule has 0 aromatic heterocycles. The monoisotopic (exact) mass is 199 g/mol.